The zero-order valence-electron chi connectivity index (χ0n) is 22.0. The zero-order valence-corrected chi connectivity index (χ0v) is 22.0. The second-order valence-corrected chi connectivity index (χ2v) is 12.0. The molecular weight excluding hydrogens is 440 g/mol. The molecule has 190 valence electrons. The van der Waals surface area contributed by atoms with Crippen molar-refractivity contribution in [1.82, 2.24) is 9.80 Å². The molecular formula is C32H42N4. The summed E-state index contributed by atoms with van der Waals surface area (Å²) in [5, 5.41) is 0. The van der Waals surface area contributed by atoms with E-state index in [0.717, 1.165) is 43.1 Å². The van der Waals surface area contributed by atoms with Crippen molar-refractivity contribution in [3.8, 4) is 0 Å². The van der Waals surface area contributed by atoms with Gasteiger partial charge in [-0.15, -0.1) is 0 Å². The quantitative estimate of drug-likeness (QED) is 0.446. The van der Waals surface area contributed by atoms with Gasteiger partial charge in [0.15, 0.2) is 5.69 Å². The van der Waals surface area contributed by atoms with Crippen molar-refractivity contribution in [2.45, 2.75) is 57.4 Å². The molecule has 6 rings (SSSR count). The van der Waals surface area contributed by atoms with Crippen LogP contribution in [0.2, 0.25) is 0 Å². The van der Waals surface area contributed by atoms with Crippen molar-refractivity contribution < 1.29 is 0 Å². The summed E-state index contributed by atoms with van der Waals surface area (Å²) in [7, 11) is 0. The number of hydrogen-bond donors (Lipinski definition) is 0. The highest BCUT2D eigenvalue weighted by molar-refractivity contribution is 5.56. The van der Waals surface area contributed by atoms with Gasteiger partial charge in [0.05, 0.1) is 6.57 Å². The lowest BCUT2D eigenvalue weighted by Crippen LogP contribution is -2.57. The van der Waals surface area contributed by atoms with Crippen LogP contribution in [0.15, 0.2) is 48.5 Å². The van der Waals surface area contributed by atoms with Gasteiger partial charge in [0.25, 0.3) is 0 Å². The molecule has 1 saturated carbocycles. The molecule has 0 bridgehead atoms. The van der Waals surface area contributed by atoms with Gasteiger partial charge in [-0.3, -0.25) is 4.90 Å². The maximum atomic E-state index is 7.15. The minimum absolute atomic E-state index is 0.359. The smallest absolute Gasteiger partial charge is 0.187 e. The number of rotatable bonds is 6. The van der Waals surface area contributed by atoms with Crippen LogP contribution in [0.4, 0.5) is 11.4 Å². The first-order chi connectivity index (χ1) is 17.7. The fourth-order valence-corrected chi connectivity index (χ4v) is 8.19. The maximum absolute atomic E-state index is 7.15. The van der Waals surface area contributed by atoms with Crippen molar-refractivity contribution >= 4 is 11.4 Å². The SMILES string of the molecule is [C-]#[N+]c1ccc(N2CC(CN3CCC(C4(C5CCCC5)CN(CC)Cc5ccccc54)CC3)C2)cc1. The Morgan fingerprint density at radius 3 is 2.28 bits per heavy atom. The summed E-state index contributed by atoms with van der Waals surface area (Å²) in [4.78, 5) is 11.5. The average molecular weight is 483 g/mol. The molecule has 0 N–H and O–H groups in total. The van der Waals surface area contributed by atoms with Crippen molar-refractivity contribution in [3.05, 3.63) is 71.1 Å². The van der Waals surface area contributed by atoms with Gasteiger partial charge in [-0.25, -0.2) is 4.85 Å². The second-order valence-electron chi connectivity index (χ2n) is 12.0. The van der Waals surface area contributed by atoms with Gasteiger partial charge in [0.1, 0.15) is 0 Å². The van der Waals surface area contributed by atoms with Crippen LogP contribution in [0.3, 0.4) is 0 Å². The van der Waals surface area contributed by atoms with Crippen molar-refractivity contribution in [2.24, 2.45) is 17.8 Å². The zero-order chi connectivity index (χ0) is 24.5. The Kier molecular flexibility index (Phi) is 6.80. The summed E-state index contributed by atoms with van der Waals surface area (Å²) in [6.07, 6.45) is 8.44. The molecule has 2 aromatic carbocycles. The third-order valence-corrected chi connectivity index (χ3v) is 10.1. The van der Waals surface area contributed by atoms with E-state index in [-0.39, 0.29) is 0 Å². The molecule has 4 nitrogen and oxygen atoms in total. The number of likely N-dealkylation sites (tertiary alicyclic amines) is 1. The predicted molar refractivity (Wildman–Crippen MR) is 149 cm³/mol. The minimum atomic E-state index is 0.359. The number of anilines is 1. The predicted octanol–water partition coefficient (Wildman–Crippen LogP) is 6.35. The molecule has 2 aromatic rings. The first-order valence-corrected chi connectivity index (χ1v) is 14.4. The summed E-state index contributed by atoms with van der Waals surface area (Å²) in [5.74, 6) is 2.45. The standard InChI is InChI=1S/C32H42N4/c1-3-34-23-26-8-4-7-11-31(26)32(24-34,27-9-5-6-10-27)28-16-18-35(19-17-28)20-25-21-36(22-25)30-14-12-29(33-2)13-15-30/h4,7-8,11-15,25,27-28H,3,5-6,9-10,16-24H2,1H3. The molecule has 1 unspecified atom stereocenters. The monoisotopic (exact) mass is 482 g/mol. The Bertz CT molecular complexity index is 1070. The fraction of sp³-hybridized carbons (Fsp3) is 0.594. The average Bonchev–Trinajstić information content (AvgIpc) is 3.46. The Labute approximate surface area is 218 Å². The highest BCUT2D eigenvalue weighted by Crippen LogP contribution is 2.53. The van der Waals surface area contributed by atoms with Gasteiger partial charge in [-0.2, -0.15) is 0 Å². The van der Waals surface area contributed by atoms with Crippen LogP contribution in [0.25, 0.3) is 4.85 Å². The van der Waals surface area contributed by atoms with Crippen LogP contribution in [-0.2, 0) is 12.0 Å². The molecule has 0 radical (unpaired) electrons. The van der Waals surface area contributed by atoms with Gasteiger partial charge < -0.3 is 9.80 Å². The van der Waals surface area contributed by atoms with Crippen LogP contribution in [0, 0.1) is 24.3 Å². The van der Waals surface area contributed by atoms with Crippen LogP contribution < -0.4 is 4.90 Å². The van der Waals surface area contributed by atoms with Crippen LogP contribution in [-0.4, -0.2) is 55.6 Å². The lowest BCUT2D eigenvalue weighted by atomic mass is 9.57. The molecule has 36 heavy (non-hydrogen) atoms. The summed E-state index contributed by atoms with van der Waals surface area (Å²) in [6.45, 7) is 19.2. The molecule has 2 saturated heterocycles. The second kappa shape index (κ2) is 10.2. The highest BCUT2D eigenvalue weighted by Gasteiger charge is 2.51. The number of likely N-dealkylation sites (N-methyl/N-ethyl adjacent to an activating group) is 1. The third-order valence-electron chi connectivity index (χ3n) is 10.1. The molecule has 3 fully saturated rings. The van der Waals surface area contributed by atoms with Crippen molar-refractivity contribution in [1.29, 1.82) is 0 Å². The van der Waals surface area contributed by atoms with Gasteiger partial charge >= 0.3 is 0 Å². The van der Waals surface area contributed by atoms with E-state index >= 15 is 0 Å². The molecule has 4 aliphatic rings. The van der Waals surface area contributed by atoms with Gasteiger partial charge in [0, 0.05) is 49.7 Å². The van der Waals surface area contributed by atoms with E-state index in [9.17, 15) is 0 Å². The van der Waals surface area contributed by atoms with Crippen molar-refractivity contribution in [3.63, 3.8) is 0 Å². The summed E-state index contributed by atoms with van der Waals surface area (Å²) < 4.78 is 0. The van der Waals surface area contributed by atoms with E-state index in [4.69, 9.17) is 6.57 Å². The third kappa shape index (κ3) is 4.35. The maximum Gasteiger partial charge on any atom is 0.187 e. The van der Waals surface area contributed by atoms with Crippen LogP contribution >= 0.6 is 0 Å². The fourth-order valence-electron chi connectivity index (χ4n) is 8.19. The number of nitrogens with zero attached hydrogens (tertiary/aromatic N) is 4. The normalized spacial score (nSPS) is 26.5. The lowest BCUT2D eigenvalue weighted by molar-refractivity contribution is 0.0359. The molecule has 0 spiro atoms. The number of benzene rings is 2. The summed E-state index contributed by atoms with van der Waals surface area (Å²) >= 11 is 0. The van der Waals surface area contributed by atoms with Crippen LogP contribution in [0.1, 0.15) is 56.6 Å². The van der Waals surface area contributed by atoms with E-state index in [1.807, 2.05) is 12.1 Å². The van der Waals surface area contributed by atoms with Crippen molar-refractivity contribution in [2.75, 3.05) is 50.7 Å². The Balaban J connectivity index is 1.12. The van der Waals surface area contributed by atoms with E-state index in [0.29, 0.717) is 5.41 Å². The number of fused-ring (bicyclic) bond motifs is 1. The molecule has 3 aliphatic heterocycles. The Morgan fingerprint density at radius 1 is 0.889 bits per heavy atom. The number of piperidine rings is 1. The van der Waals surface area contributed by atoms with Gasteiger partial charge in [-0.05, 0) is 80.4 Å². The first-order valence-electron chi connectivity index (χ1n) is 14.4. The van der Waals surface area contributed by atoms with E-state index in [1.165, 1.54) is 76.9 Å². The van der Waals surface area contributed by atoms with E-state index in [1.54, 1.807) is 11.1 Å². The number of hydrogen-bond acceptors (Lipinski definition) is 3. The Hall–Kier alpha value is -2.35. The summed E-state index contributed by atoms with van der Waals surface area (Å²) in [5.41, 5.74) is 5.69. The molecule has 0 amide bonds. The summed E-state index contributed by atoms with van der Waals surface area (Å²) in [6, 6.07) is 17.6. The lowest BCUT2D eigenvalue weighted by Gasteiger charge is -2.54. The first kappa shape index (κ1) is 24.0. The molecule has 1 aliphatic carbocycles. The van der Waals surface area contributed by atoms with Gasteiger partial charge in [0.2, 0.25) is 0 Å². The topological polar surface area (TPSA) is 14.1 Å². The Morgan fingerprint density at radius 2 is 1.58 bits per heavy atom. The van der Waals surface area contributed by atoms with Gasteiger partial charge in [-0.1, -0.05) is 56.2 Å². The highest BCUT2D eigenvalue weighted by atomic mass is 15.2. The minimum Gasteiger partial charge on any atom is -0.371 e. The van der Waals surface area contributed by atoms with Crippen LogP contribution in [0.5, 0.6) is 0 Å². The molecule has 4 heteroatoms. The molecule has 3 heterocycles. The molecule has 0 aromatic heterocycles. The largest absolute Gasteiger partial charge is 0.371 e. The van der Waals surface area contributed by atoms with E-state index < -0.39 is 0 Å². The van der Waals surface area contributed by atoms with E-state index in [2.05, 4.69) is 62.9 Å². The molecule has 1 atom stereocenters.